The molecule has 4 nitrogen and oxygen atoms in total. The molecule has 0 atom stereocenters. The van der Waals surface area contributed by atoms with Gasteiger partial charge < -0.3 is 5.32 Å². The van der Waals surface area contributed by atoms with Gasteiger partial charge in [0.15, 0.2) is 0 Å². The molecule has 0 radical (unpaired) electrons. The SMILES string of the molecule is O=C(Nc1ccc(Br)cc1)N1C=CCN1Cc1ccccc1. The number of urea groups is 1. The average molecular weight is 358 g/mol. The molecule has 2 aromatic rings. The van der Waals surface area contributed by atoms with E-state index in [1.165, 1.54) is 5.56 Å². The first kappa shape index (κ1) is 14.8. The lowest BCUT2D eigenvalue weighted by molar-refractivity contribution is 0.0818. The summed E-state index contributed by atoms with van der Waals surface area (Å²) < 4.78 is 0.984. The van der Waals surface area contributed by atoms with E-state index in [1.807, 2.05) is 53.5 Å². The molecule has 0 bridgehead atoms. The van der Waals surface area contributed by atoms with Gasteiger partial charge in [0.1, 0.15) is 0 Å². The van der Waals surface area contributed by atoms with Crippen molar-refractivity contribution in [3.05, 3.63) is 76.9 Å². The Morgan fingerprint density at radius 1 is 1.09 bits per heavy atom. The van der Waals surface area contributed by atoms with Gasteiger partial charge in [0.2, 0.25) is 0 Å². The highest BCUT2D eigenvalue weighted by Gasteiger charge is 2.22. The van der Waals surface area contributed by atoms with E-state index in [0.29, 0.717) is 6.54 Å². The molecule has 1 heterocycles. The van der Waals surface area contributed by atoms with Crippen molar-refractivity contribution in [3.63, 3.8) is 0 Å². The van der Waals surface area contributed by atoms with Crippen LogP contribution < -0.4 is 5.32 Å². The van der Waals surface area contributed by atoms with Gasteiger partial charge in [-0.25, -0.2) is 14.8 Å². The van der Waals surface area contributed by atoms with E-state index in [1.54, 1.807) is 11.2 Å². The normalized spacial score (nSPS) is 14.3. The second-order valence-electron chi connectivity index (χ2n) is 5.00. The van der Waals surface area contributed by atoms with E-state index in [-0.39, 0.29) is 6.03 Å². The van der Waals surface area contributed by atoms with E-state index in [9.17, 15) is 4.79 Å². The van der Waals surface area contributed by atoms with Gasteiger partial charge in [-0.2, -0.15) is 0 Å². The van der Waals surface area contributed by atoms with Gasteiger partial charge in [0.05, 0.1) is 0 Å². The van der Waals surface area contributed by atoms with Crippen LogP contribution in [0, 0.1) is 0 Å². The number of hydrazine groups is 1. The minimum atomic E-state index is -0.160. The first-order chi connectivity index (χ1) is 10.7. The Labute approximate surface area is 138 Å². The van der Waals surface area contributed by atoms with E-state index < -0.39 is 0 Å². The maximum Gasteiger partial charge on any atom is 0.340 e. The summed E-state index contributed by atoms with van der Waals surface area (Å²) in [6.07, 6.45) is 3.78. The number of anilines is 1. The number of carbonyl (C=O) groups is 1. The lowest BCUT2D eigenvalue weighted by Crippen LogP contribution is -2.41. The Morgan fingerprint density at radius 2 is 1.82 bits per heavy atom. The van der Waals surface area contributed by atoms with Gasteiger partial charge in [0.25, 0.3) is 0 Å². The minimum absolute atomic E-state index is 0.160. The number of carbonyl (C=O) groups excluding carboxylic acids is 1. The molecule has 0 aromatic heterocycles. The van der Waals surface area contributed by atoms with Gasteiger partial charge in [-0.1, -0.05) is 52.3 Å². The molecule has 1 aliphatic heterocycles. The first-order valence-electron chi connectivity index (χ1n) is 7.03. The van der Waals surface area contributed by atoms with Crippen molar-refractivity contribution >= 4 is 27.6 Å². The second kappa shape index (κ2) is 6.77. The van der Waals surface area contributed by atoms with Crippen molar-refractivity contribution in [1.82, 2.24) is 10.0 Å². The van der Waals surface area contributed by atoms with E-state index >= 15 is 0 Å². The van der Waals surface area contributed by atoms with Crippen molar-refractivity contribution in [1.29, 1.82) is 0 Å². The predicted molar refractivity (Wildman–Crippen MR) is 91.0 cm³/mol. The van der Waals surface area contributed by atoms with Gasteiger partial charge in [-0.15, -0.1) is 0 Å². The lowest BCUT2D eigenvalue weighted by atomic mass is 10.2. The van der Waals surface area contributed by atoms with Crippen LogP contribution in [0.2, 0.25) is 0 Å². The molecule has 0 spiro atoms. The maximum atomic E-state index is 12.4. The van der Waals surface area contributed by atoms with Crippen LogP contribution in [-0.2, 0) is 6.54 Å². The largest absolute Gasteiger partial charge is 0.340 e. The van der Waals surface area contributed by atoms with Crippen LogP contribution in [0.25, 0.3) is 0 Å². The molecular formula is C17H16BrN3O. The Hall–Kier alpha value is -2.11. The van der Waals surface area contributed by atoms with Crippen molar-refractivity contribution in [2.45, 2.75) is 6.54 Å². The summed E-state index contributed by atoms with van der Waals surface area (Å²) in [5.74, 6) is 0. The Bertz CT molecular complexity index is 670. The summed E-state index contributed by atoms with van der Waals surface area (Å²) in [6.45, 7) is 1.42. The number of nitrogens with zero attached hydrogens (tertiary/aromatic N) is 2. The first-order valence-corrected chi connectivity index (χ1v) is 7.83. The number of hydrogen-bond acceptors (Lipinski definition) is 2. The third kappa shape index (κ3) is 3.55. The standard InChI is InChI=1S/C17H16BrN3O/c18-15-7-9-16(10-8-15)19-17(22)21-12-4-11-20(21)13-14-5-2-1-3-6-14/h1-10,12H,11,13H2,(H,19,22). The highest BCUT2D eigenvalue weighted by molar-refractivity contribution is 9.10. The number of halogens is 1. The molecule has 1 N–H and O–H groups in total. The number of hydrogen-bond donors (Lipinski definition) is 1. The van der Waals surface area contributed by atoms with E-state index in [2.05, 4.69) is 33.4 Å². The summed E-state index contributed by atoms with van der Waals surface area (Å²) in [7, 11) is 0. The van der Waals surface area contributed by atoms with Gasteiger partial charge in [-0.3, -0.25) is 0 Å². The summed E-state index contributed by atoms with van der Waals surface area (Å²) >= 11 is 3.38. The molecule has 3 rings (SSSR count). The lowest BCUT2D eigenvalue weighted by Gasteiger charge is -2.27. The van der Waals surface area contributed by atoms with Gasteiger partial charge in [0, 0.05) is 29.4 Å². The highest BCUT2D eigenvalue weighted by atomic mass is 79.9. The predicted octanol–water partition coefficient (Wildman–Crippen LogP) is 4.23. The van der Waals surface area contributed by atoms with E-state index in [0.717, 1.165) is 16.7 Å². The average Bonchev–Trinajstić information content (AvgIpc) is 2.99. The van der Waals surface area contributed by atoms with E-state index in [4.69, 9.17) is 0 Å². The third-order valence-corrected chi connectivity index (χ3v) is 3.91. The molecule has 22 heavy (non-hydrogen) atoms. The quantitative estimate of drug-likeness (QED) is 0.892. The molecule has 0 saturated heterocycles. The molecule has 2 aromatic carbocycles. The third-order valence-electron chi connectivity index (χ3n) is 3.38. The van der Waals surface area contributed by atoms with Crippen LogP contribution in [0.5, 0.6) is 0 Å². The fraction of sp³-hybridized carbons (Fsp3) is 0.118. The van der Waals surface area contributed by atoms with Crippen LogP contribution in [0.4, 0.5) is 10.5 Å². The Kier molecular flexibility index (Phi) is 4.56. The summed E-state index contributed by atoms with van der Waals surface area (Å²) in [4.78, 5) is 12.4. The maximum absolute atomic E-state index is 12.4. The number of nitrogens with one attached hydrogen (secondary N) is 1. The zero-order chi connectivity index (χ0) is 15.4. The Balaban J connectivity index is 1.65. The summed E-state index contributed by atoms with van der Waals surface area (Å²) in [5.41, 5.74) is 1.95. The molecule has 2 amide bonds. The monoisotopic (exact) mass is 357 g/mol. The van der Waals surface area contributed by atoms with Crippen LogP contribution in [0.3, 0.4) is 0 Å². The molecule has 0 saturated carbocycles. The number of amides is 2. The zero-order valence-corrected chi connectivity index (χ0v) is 13.5. The van der Waals surface area contributed by atoms with Crippen molar-refractivity contribution in [3.8, 4) is 0 Å². The number of benzene rings is 2. The second-order valence-corrected chi connectivity index (χ2v) is 5.91. The van der Waals surface area contributed by atoms with Crippen molar-refractivity contribution < 1.29 is 4.79 Å². The fourth-order valence-corrected chi connectivity index (χ4v) is 2.56. The van der Waals surface area contributed by atoms with Crippen molar-refractivity contribution in [2.75, 3.05) is 11.9 Å². The molecule has 0 fully saturated rings. The van der Waals surface area contributed by atoms with Crippen LogP contribution in [0.15, 0.2) is 71.3 Å². The smallest absolute Gasteiger partial charge is 0.306 e. The van der Waals surface area contributed by atoms with Crippen LogP contribution in [0.1, 0.15) is 5.56 Å². The fourth-order valence-electron chi connectivity index (χ4n) is 2.30. The van der Waals surface area contributed by atoms with Crippen LogP contribution in [-0.4, -0.2) is 22.6 Å². The zero-order valence-electron chi connectivity index (χ0n) is 11.9. The number of rotatable bonds is 3. The Morgan fingerprint density at radius 3 is 2.55 bits per heavy atom. The molecule has 0 aliphatic carbocycles. The van der Waals surface area contributed by atoms with Gasteiger partial charge in [-0.05, 0) is 29.8 Å². The highest BCUT2D eigenvalue weighted by Crippen LogP contribution is 2.17. The summed E-state index contributed by atoms with van der Waals surface area (Å²) in [5, 5.41) is 6.51. The molecule has 0 unspecified atom stereocenters. The molecule has 5 heteroatoms. The molecule has 112 valence electrons. The topological polar surface area (TPSA) is 35.6 Å². The molecule has 1 aliphatic rings. The molecular weight excluding hydrogens is 342 g/mol. The minimum Gasteiger partial charge on any atom is -0.306 e. The van der Waals surface area contributed by atoms with Crippen LogP contribution >= 0.6 is 15.9 Å². The van der Waals surface area contributed by atoms with Gasteiger partial charge >= 0.3 is 6.03 Å². The summed E-state index contributed by atoms with van der Waals surface area (Å²) in [6, 6.07) is 17.5. The van der Waals surface area contributed by atoms with Crippen molar-refractivity contribution in [2.24, 2.45) is 0 Å².